The molecule has 2 aliphatic heterocycles. The van der Waals surface area contributed by atoms with Gasteiger partial charge < -0.3 is 14.8 Å². The van der Waals surface area contributed by atoms with Crippen molar-refractivity contribution >= 4 is 23.5 Å². The summed E-state index contributed by atoms with van der Waals surface area (Å²) in [4.78, 5) is 4.30. The lowest BCUT2D eigenvalue weighted by Crippen LogP contribution is -2.53. The first-order valence-electron chi connectivity index (χ1n) is 7.90. The molecule has 0 amide bonds. The number of nitrogens with one attached hydrogen (secondary N) is 1. The van der Waals surface area contributed by atoms with Crippen molar-refractivity contribution in [3.05, 3.63) is 24.0 Å². The molecule has 2 atom stereocenters. The van der Waals surface area contributed by atoms with E-state index in [2.05, 4.69) is 33.8 Å². The summed E-state index contributed by atoms with van der Waals surface area (Å²) >= 11 is 4.11. The van der Waals surface area contributed by atoms with Crippen LogP contribution in [0.4, 0.5) is 0 Å². The van der Waals surface area contributed by atoms with Gasteiger partial charge in [0.2, 0.25) is 0 Å². The average molecular weight is 341 g/mol. The normalized spacial score (nSPS) is 27.3. The number of pyridine rings is 1. The van der Waals surface area contributed by atoms with Crippen LogP contribution < -0.4 is 10.1 Å². The summed E-state index contributed by atoms with van der Waals surface area (Å²) in [5.74, 6) is 5.77. The second-order valence-corrected chi connectivity index (χ2v) is 8.07. The minimum atomic E-state index is 0.0662. The van der Waals surface area contributed by atoms with Crippen LogP contribution in [0.1, 0.15) is 12.1 Å². The predicted octanol–water partition coefficient (Wildman–Crippen LogP) is 2.36. The molecule has 0 unspecified atom stereocenters. The number of ether oxygens (including phenoxy) is 2. The van der Waals surface area contributed by atoms with E-state index in [0.717, 1.165) is 24.5 Å². The Labute approximate surface area is 141 Å². The molecule has 2 saturated heterocycles. The van der Waals surface area contributed by atoms with Gasteiger partial charge in [0.05, 0.1) is 12.8 Å². The van der Waals surface area contributed by atoms with Gasteiger partial charge >= 0.3 is 0 Å². The average Bonchev–Trinajstić information content (AvgIpc) is 2.80. The first kappa shape index (κ1) is 16.4. The zero-order valence-corrected chi connectivity index (χ0v) is 14.6. The van der Waals surface area contributed by atoms with Crippen molar-refractivity contribution in [3.63, 3.8) is 0 Å². The third-order valence-electron chi connectivity index (χ3n) is 3.94. The van der Waals surface area contributed by atoms with Crippen LogP contribution >= 0.6 is 23.5 Å². The molecule has 2 aliphatic rings. The van der Waals surface area contributed by atoms with Gasteiger partial charge in [-0.15, -0.1) is 0 Å². The molecule has 6 heteroatoms. The standard InChI is InChI=1S/C16H24N2O2S2/c1-12-2-3-14(8-17-12)20-16-9-19-5-4-15(16)18-13-10-21-6-7-22-11-13/h2-3,8,13,15-16,18H,4-7,9-11H2,1H3/t15-,16+/m0/s1. The molecule has 0 spiro atoms. The van der Waals surface area contributed by atoms with Crippen LogP contribution in [0.3, 0.4) is 0 Å². The first-order chi connectivity index (χ1) is 10.8. The van der Waals surface area contributed by atoms with Gasteiger partial charge in [-0.1, -0.05) is 0 Å². The summed E-state index contributed by atoms with van der Waals surface area (Å²) in [7, 11) is 0. The van der Waals surface area contributed by atoms with E-state index in [4.69, 9.17) is 9.47 Å². The van der Waals surface area contributed by atoms with Gasteiger partial charge in [-0.2, -0.15) is 23.5 Å². The van der Waals surface area contributed by atoms with Gasteiger partial charge in [-0.3, -0.25) is 4.98 Å². The van der Waals surface area contributed by atoms with E-state index in [9.17, 15) is 0 Å². The molecule has 3 rings (SSSR count). The van der Waals surface area contributed by atoms with Gasteiger partial charge in [0.1, 0.15) is 11.9 Å². The predicted molar refractivity (Wildman–Crippen MR) is 94.2 cm³/mol. The van der Waals surface area contributed by atoms with Crippen molar-refractivity contribution in [1.82, 2.24) is 10.3 Å². The Kier molecular flexibility index (Phi) is 6.30. The van der Waals surface area contributed by atoms with Crippen LogP contribution in [0, 0.1) is 6.92 Å². The lowest BCUT2D eigenvalue weighted by atomic mass is 10.1. The molecule has 122 valence electrons. The van der Waals surface area contributed by atoms with E-state index in [-0.39, 0.29) is 6.10 Å². The van der Waals surface area contributed by atoms with Crippen molar-refractivity contribution in [1.29, 1.82) is 0 Å². The lowest BCUT2D eigenvalue weighted by molar-refractivity contribution is -0.0165. The molecular formula is C16H24N2O2S2. The zero-order valence-electron chi connectivity index (χ0n) is 13.0. The van der Waals surface area contributed by atoms with E-state index < -0.39 is 0 Å². The smallest absolute Gasteiger partial charge is 0.138 e. The maximum absolute atomic E-state index is 6.13. The zero-order chi connectivity index (χ0) is 15.2. The van der Waals surface area contributed by atoms with Crippen molar-refractivity contribution < 1.29 is 9.47 Å². The summed E-state index contributed by atoms with van der Waals surface area (Å²) in [6, 6.07) is 4.91. The van der Waals surface area contributed by atoms with Gasteiger partial charge in [-0.25, -0.2) is 0 Å². The maximum atomic E-state index is 6.13. The fraction of sp³-hybridized carbons (Fsp3) is 0.688. The Morgan fingerprint density at radius 1 is 1.27 bits per heavy atom. The highest BCUT2D eigenvalue weighted by Crippen LogP contribution is 2.21. The second-order valence-electron chi connectivity index (χ2n) is 5.78. The number of aromatic nitrogens is 1. The molecule has 1 aromatic heterocycles. The summed E-state index contributed by atoms with van der Waals surface area (Å²) in [5, 5.41) is 3.81. The Morgan fingerprint density at radius 3 is 2.82 bits per heavy atom. The van der Waals surface area contributed by atoms with Crippen molar-refractivity contribution in [2.75, 3.05) is 36.2 Å². The van der Waals surface area contributed by atoms with Gasteiger partial charge in [0, 0.05) is 47.4 Å². The highest BCUT2D eigenvalue weighted by atomic mass is 32.2. The van der Waals surface area contributed by atoms with Crippen LogP contribution in [0.25, 0.3) is 0 Å². The third-order valence-corrected chi connectivity index (χ3v) is 6.46. The van der Waals surface area contributed by atoms with Crippen LogP contribution in [-0.4, -0.2) is 59.4 Å². The fourth-order valence-corrected chi connectivity index (χ4v) is 5.16. The first-order valence-corrected chi connectivity index (χ1v) is 10.2. The minimum absolute atomic E-state index is 0.0662. The van der Waals surface area contributed by atoms with Crippen molar-refractivity contribution in [3.8, 4) is 5.75 Å². The highest BCUT2D eigenvalue weighted by molar-refractivity contribution is 8.03. The Balaban J connectivity index is 1.59. The number of hydrogen-bond donors (Lipinski definition) is 1. The van der Waals surface area contributed by atoms with E-state index in [0.29, 0.717) is 18.7 Å². The lowest BCUT2D eigenvalue weighted by Gasteiger charge is -2.34. The van der Waals surface area contributed by atoms with Crippen molar-refractivity contribution in [2.45, 2.75) is 31.5 Å². The van der Waals surface area contributed by atoms with E-state index >= 15 is 0 Å². The van der Waals surface area contributed by atoms with E-state index in [1.807, 2.05) is 19.1 Å². The number of hydrogen-bond acceptors (Lipinski definition) is 6. The number of aryl methyl sites for hydroxylation is 1. The monoisotopic (exact) mass is 340 g/mol. The molecule has 0 bridgehead atoms. The Bertz CT molecular complexity index is 450. The van der Waals surface area contributed by atoms with E-state index in [1.165, 1.54) is 23.0 Å². The van der Waals surface area contributed by atoms with Crippen LogP contribution in [0.2, 0.25) is 0 Å². The fourth-order valence-electron chi connectivity index (χ4n) is 2.73. The highest BCUT2D eigenvalue weighted by Gasteiger charge is 2.29. The molecule has 1 N–H and O–H groups in total. The summed E-state index contributed by atoms with van der Waals surface area (Å²) in [5.41, 5.74) is 1.01. The Morgan fingerprint density at radius 2 is 2.09 bits per heavy atom. The summed E-state index contributed by atoms with van der Waals surface area (Å²) in [6.07, 6.45) is 2.88. The minimum Gasteiger partial charge on any atom is -0.485 e. The van der Waals surface area contributed by atoms with Crippen LogP contribution in [0.15, 0.2) is 18.3 Å². The molecule has 0 aliphatic carbocycles. The molecule has 1 aromatic rings. The topological polar surface area (TPSA) is 43.4 Å². The molecule has 0 radical (unpaired) electrons. The molecule has 22 heavy (non-hydrogen) atoms. The molecule has 0 saturated carbocycles. The molecule has 0 aromatic carbocycles. The molecule has 4 nitrogen and oxygen atoms in total. The van der Waals surface area contributed by atoms with Crippen LogP contribution in [-0.2, 0) is 4.74 Å². The van der Waals surface area contributed by atoms with Gasteiger partial charge in [-0.05, 0) is 25.5 Å². The van der Waals surface area contributed by atoms with E-state index in [1.54, 1.807) is 6.20 Å². The number of thioether (sulfide) groups is 2. The quantitative estimate of drug-likeness (QED) is 0.908. The summed E-state index contributed by atoms with van der Waals surface area (Å²) in [6.45, 7) is 3.45. The maximum Gasteiger partial charge on any atom is 0.138 e. The number of rotatable bonds is 4. The Hall–Kier alpha value is -0.430. The SMILES string of the molecule is Cc1ccc(O[C@@H]2COCC[C@@H]2NC2CSCCSC2)cn1. The molecule has 3 heterocycles. The molecular weight excluding hydrogens is 316 g/mol. The van der Waals surface area contributed by atoms with Crippen molar-refractivity contribution in [2.24, 2.45) is 0 Å². The molecule has 2 fully saturated rings. The van der Waals surface area contributed by atoms with Gasteiger partial charge in [0.25, 0.3) is 0 Å². The second kappa shape index (κ2) is 8.43. The summed E-state index contributed by atoms with van der Waals surface area (Å²) < 4.78 is 11.8. The number of nitrogens with zero attached hydrogens (tertiary/aromatic N) is 1. The third kappa shape index (κ3) is 4.78. The largest absolute Gasteiger partial charge is 0.485 e. The van der Waals surface area contributed by atoms with Gasteiger partial charge in [0.15, 0.2) is 0 Å². The van der Waals surface area contributed by atoms with Crippen LogP contribution in [0.5, 0.6) is 5.75 Å².